The minimum Gasteiger partial charge on any atom is -0.481 e. The maximum Gasteiger partial charge on any atom is 0.304 e. The molecule has 4 rings (SSSR count). The molecule has 1 unspecified atom stereocenters. The van der Waals surface area contributed by atoms with Gasteiger partial charge in [0.2, 0.25) is 0 Å². The number of carboxylic acid groups (broad SMARTS) is 1. The van der Waals surface area contributed by atoms with Gasteiger partial charge in [-0.2, -0.15) is 0 Å². The average Bonchev–Trinajstić information content (AvgIpc) is 3.08. The summed E-state index contributed by atoms with van der Waals surface area (Å²) < 4.78 is 0. The maximum atomic E-state index is 14.2. The van der Waals surface area contributed by atoms with Crippen LogP contribution in [-0.2, 0) is 14.4 Å². The fourth-order valence-electron chi connectivity index (χ4n) is 6.08. The second-order valence-electron chi connectivity index (χ2n) is 12.5. The lowest BCUT2D eigenvalue weighted by Gasteiger charge is -2.47. The molecular weight excluding hydrogens is 550 g/mol. The molecule has 2 aliphatic carbocycles. The van der Waals surface area contributed by atoms with Crippen LogP contribution in [0.25, 0.3) is 0 Å². The summed E-state index contributed by atoms with van der Waals surface area (Å²) in [5, 5.41) is 11.3. The number of aldehydes is 1. The van der Waals surface area contributed by atoms with Gasteiger partial charge in [-0.05, 0) is 80.2 Å². The number of nitrogens with one attached hydrogen (secondary N) is 1. The molecule has 1 amide bonds. The average molecular weight is 596 g/mol. The van der Waals surface area contributed by atoms with Gasteiger partial charge in [0, 0.05) is 17.1 Å². The Morgan fingerprint density at radius 2 is 1.98 bits per heavy atom. The van der Waals surface area contributed by atoms with Crippen LogP contribution in [0.15, 0.2) is 64.7 Å². The summed E-state index contributed by atoms with van der Waals surface area (Å²) in [7, 11) is 1.73. The maximum absolute atomic E-state index is 14.2. The number of aliphatic carboxylic acids is 1. The van der Waals surface area contributed by atoms with E-state index in [4.69, 9.17) is 21.7 Å². The number of carboxylic acids is 1. The number of hydrogen-bond donors (Lipinski definition) is 2. The van der Waals surface area contributed by atoms with Gasteiger partial charge in [-0.25, -0.2) is 0 Å². The van der Waals surface area contributed by atoms with Crippen molar-refractivity contribution in [3.05, 3.63) is 70.3 Å². The highest BCUT2D eigenvalue weighted by molar-refractivity contribution is 6.47. The number of aliphatic imine (C=N–C) groups is 1. The molecule has 1 aromatic rings. The van der Waals surface area contributed by atoms with Crippen molar-refractivity contribution in [1.29, 1.82) is 0 Å². The van der Waals surface area contributed by atoms with Crippen molar-refractivity contribution in [2.45, 2.75) is 90.8 Å². The highest BCUT2D eigenvalue weighted by Crippen LogP contribution is 2.48. The third-order valence-corrected chi connectivity index (χ3v) is 8.69. The van der Waals surface area contributed by atoms with Crippen LogP contribution in [0.2, 0.25) is 5.02 Å². The molecule has 228 valence electrons. The van der Waals surface area contributed by atoms with Gasteiger partial charge in [-0.3, -0.25) is 19.4 Å². The highest BCUT2D eigenvalue weighted by atomic mass is 35.5. The van der Waals surface area contributed by atoms with E-state index in [1.54, 1.807) is 7.05 Å². The van der Waals surface area contributed by atoms with E-state index in [0.717, 1.165) is 61.5 Å². The molecule has 1 saturated carbocycles. The molecule has 0 saturated heterocycles. The second kappa shape index (κ2) is 14.9. The van der Waals surface area contributed by atoms with E-state index in [1.165, 1.54) is 0 Å². The molecule has 0 radical (unpaired) electrons. The van der Waals surface area contributed by atoms with Crippen molar-refractivity contribution in [3.63, 3.8) is 0 Å². The fraction of sp³-hybridized carbons (Fsp3) is 0.529. The van der Waals surface area contributed by atoms with Crippen molar-refractivity contribution >= 4 is 35.5 Å². The molecule has 1 atom stereocenters. The number of carbonyl (C=O) groups is 3. The molecule has 2 N–H and O–H groups in total. The lowest BCUT2D eigenvalue weighted by Crippen LogP contribution is -2.55. The standard InChI is InChI=1S/C30H37ClN2O2.C4H9NO2/c1-5-8-26(22-10-6-9-21(20-34)13-14-22)33-28(35)27(23-11-7-12-25(31)19-23)32-30(33)17-15-24(16-18-30)29(2,3)4;1-5-3-2-4(6)7/h6-7,10-14,19-20,24,26H,5,8-9,15-18H2,1-4H3;5H,2-3H2,1H3,(H,6,7). The Labute approximate surface area is 255 Å². The Morgan fingerprint density at radius 3 is 2.52 bits per heavy atom. The van der Waals surface area contributed by atoms with Crippen LogP contribution in [0.4, 0.5) is 0 Å². The molecule has 3 aliphatic rings. The monoisotopic (exact) mass is 595 g/mol. The number of allylic oxidation sites excluding steroid dienone is 4. The van der Waals surface area contributed by atoms with Gasteiger partial charge in [-0.15, -0.1) is 0 Å². The molecule has 42 heavy (non-hydrogen) atoms. The van der Waals surface area contributed by atoms with Gasteiger partial charge >= 0.3 is 5.97 Å². The molecule has 1 spiro atoms. The highest BCUT2D eigenvalue weighted by Gasteiger charge is 2.52. The number of rotatable bonds is 9. The zero-order valence-corrected chi connectivity index (χ0v) is 26.4. The van der Waals surface area contributed by atoms with Crippen molar-refractivity contribution < 1.29 is 19.5 Å². The smallest absolute Gasteiger partial charge is 0.304 e. The normalized spacial score (nSPS) is 22.9. The molecular formula is C34H46ClN3O4. The molecule has 1 aliphatic heterocycles. The number of halogens is 1. The van der Waals surface area contributed by atoms with Crippen LogP contribution < -0.4 is 5.32 Å². The van der Waals surface area contributed by atoms with Gasteiger partial charge < -0.3 is 15.3 Å². The van der Waals surface area contributed by atoms with E-state index in [2.05, 4.69) is 44.0 Å². The Kier molecular flexibility index (Phi) is 11.9. The third-order valence-electron chi connectivity index (χ3n) is 8.45. The van der Waals surface area contributed by atoms with Gasteiger partial charge in [0.25, 0.3) is 5.91 Å². The van der Waals surface area contributed by atoms with E-state index in [-0.39, 0.29) is 23.8 Å². The quantitative estimate of drug-likeness (QED) is 0.307. The summed E-state index contributed by atoms with van der Waals surface area (Å²) in [4.78, 5) is 42.6. The predicted octanol–water partition coefficient (Wildman–Crippen LogP) is 6.76. The van der Waals surface area contributed by atoms with Gasteiger partial charge in [0.05, 0.1) is 12.5 Å². The van der Waals surface area contributed by atoms with Gasteiger partial charge in [0.15, 0.2) is 0 Å². The topological polar surface area (TPSA) is 99.1 Å². The molecule has 1 fully saturated rings. The van der Waals surface area contributed by atoms with Gasteiger partial charge in [0.1, 0.15) is 17.7 Å². The second-order valence-corrected chi connectivity index (χ2v) is 12.9. The van der Waals surface area contributed by atoms with Gasteiger partial charge in [-0.1, -0.05) is 82.2 Å². The van der Waals surface area contributed by atoms with E-state index in [9.17, 15) is 14.4 Å². The van der Waals surface area contributed by atoms with Crippen LogP contribution in [0.3, 0.4) is 0 Å². The molecule has 0 bridgehead atoms. The number of nitrogens with zero attached hydrogens (tertiary/aromatic N) is 2. The minimum atomic E-state index is -0.755. The lowest BCUT2D eigenvalue weighted by molar-refractivity contribution is -0.137. The number of hydrogen-bond acceptors (Lipinski definition) is 5. The number of amides is 1. The molecule has 1 heterocycles. The first kappa shape index (κ1) is 33.5. The number of carbonyl (C=O) groups excluding carboxylic acids is 2. The number of benzene rings is 1. The van der Waals surface area contributed by atoms with E-state index in [0.29, 0.717) is 29.6 Å². The van der Waals surface area contributed by atoms with Crippen molar-refractivity contribution in [2.75, 3.05) is 13.6 Å². The van der Waals surface area contributed by atoms with Crippen LogP contribution in [0.1, 0.15) is 84.6 Å². The van der Waals surface area contributed by atoms with E-state index in [1.807, 2.05) is 42.5 Å². The van der Waals surface area contributed by atoms with Crippen LogP contribution in [0.5, 0.6) is 0 Å². The van der Waals surface area contributed by atoms with E-state index >= 15 is 0 Å². The van der Waals surface area contributed by atoms with Crippen molar-refractivity contribution in [3.8, 4) is 0 Å². The summed E-state index contributed by atoms with van der Waals surface area (Å²) in [6.07, 6.45) is 15.4. The Balaban J connectivity index is 0.000000616. The minimum absolute atomic E-state index is 0.0157. The first-order valence-electron chi connectivity index (χ1n) is 15.0. The zero-order valence-electron chi connectivity index (χ0n) is 25.7. The zero-order chi connectivity index (χ0) is 30.9. The van der Waals surface area contributed by atoms with Crippen LogP contribution in [-0.4, -0.2) is 59.2 Å². The SMILES string of the molecule is CCCC(C1=CC=C(C=O)CC=C1)N1C(=O)C(c2cccc(Cl)c2)=NC12CCC(C(C)(C)C)CC2.CNCCC(=O)O. The van der Waals surface area contributed by atoms with Crippen LogP contribution in [0, 0.1) is 11.3 Å². The summed E-state index contributed by atoms with van der Waals surface area (Å²) in [5.74, 6) is -0.164. The Morgan fingerprint density at radius 1 is 1.26 bits per heavy atom. The fourth-order valence-corrected chi connectivity index (χ4v) is 6.28. The molecule has 0 aromatic heterocycles. The molecule has 1 aromatic carbocycles. The third kappa shape index (κ3) is 8.29. The van der Waals surface area contributed by atoms with E-state index < -0.39 is 11.6 Å². The first-order valence-corrected chi connectivity index (χ1v) is 15.4. The van der Waals surface area contributed by atoms with Crippen molar-refractivity contribution in [1.82, 2.24) is 10.2 Å². The van der Waals surface area contributed by atoms with Crippen molar-refractivity contribution in [2.24, 2.45) is 16.3 Å². The molecule has 8 heteroatoms. The summed E-state index contributed by atoms with van der Waals surface area (Å²) >= 11 is 6.30. The summed E-state index contributed by atoms with van der Waals surface area (Å²) in [6, 6.07) is 7.38. The summed E-state index contributed by atoms with van der Waals surface area (Å²) in [5.41, 5.74) is 2.80. The largest absolute Gasteiger partial charge is 0.481 e. The lowest BCUT2D eigenvalue weighted by atomic mass is 9.69. The summed E-state index contributed by atoms with van der Waals surface area (Å²) in [6.45, 7) is 9.64. The molecule has 7 nitrogen and oxygen atoms in total. The van der Waals surface area contributed by atoms with Crippen LogP contribution >= 0.6 is 11.6 Å². The predicted molar refractivity (Wildman–Crippen MR) is 170 cm³/mol. The first-order chi connectivity index (χ1) is 20.0. The Bertz CT molecular complexity index is 1250. The Hall–Kier alpha value is -3.03.